The van der Waals surface area contributed by atoms with E-state index >= 15 is 0 Å². The van der Waals surface area contributed by atoms with Gasteiger partial charge >= 0.3 is 0 Å². The molecule has 0 saturated heterocycles. The van der Waals surface area contributed by atoms with E-state index in [0.717, 1.165) is 5.82 Å². The van der Waals surface area contributed by atoms with Crippen molar-refractivity contribution in [2.24, 2.45) is 0 Å². The van der Waals surface area contributed by atoms with Crippen LogP contribution in [0.25, 0.3) is 0 Å². The summed E-state index contributed by atoms with van der Waals surface area (Å²) in [6.07, 6.45) is 1.82. The molecule has 2 heteroatoms. The second-order valence-electron chi connectivity index (χ2n) is 2.59. The number of anilines is 1. The molecule has 0 fully saturated rings. The van der Waals surface area contributed by atoms with Gasteiger partial charge in [0.25, 0.3) is 0 Å². The maximum Gasteiger partial charge on any atom is 0.128 e. The van der Waals surface area contributed by atoms with Gasteiger partial charge in [-0.15, -0.1) is 0 Å². The molecule has 0 radical (unpaired) electrons. The van der Waals surface area contributed by atoms with Crippen LogP contribution in [0, 0.1) is 6.92 Å². The Labute approximate surface area is 89.0 Å². The normalized spacial score (nSPS) is 7.64. The Balaban J connectivity index is 0. The maximum absolute atomic E-state index is 4.16. The minimum Gasteiger partial charge on any atom is -0.363 e. The van der Waals surface area contributed by atoms with E-state index < -0.39 is 0 Å². The molecule has 0 atom stereocenters. The van der Waals surface area contributed by atoms with Gasteiger partial charge in [0.15, 0.2) is 0 Å². The summed E-state index contributed by atoms with van der Waals surface area (Å²) in [4.78, 5) is 6.16. The lowest BCUT2D eigenvalue weighted by molar-refractivity contribution is 1.06. The van der Waals surface area contributed by atoms with Crippen molar-refractivity contribution in [3.05, 3.63) is 23.9 Å². The fourth-order valence-electron chi connectivity index (χ4n) is 0.765. The Morgan fingerprint density at radius 1 is 1.07 bits per heavy atom. The summed E-state index contributed by atoms with van der Waals surface area (Å²) in [5.74, 6) is 1.01. The van der Waals surface area contributed by atoms with Gasteiger partial charge in [-0.1, -0.05) is 27.7 Å². The van der Waals surface area contributed by atoms with E-state index in [-0.39, 0.29) is 0 Å². The van der Waals surface area contributed by atoms with E-state index in [1.807, 2.05) is 59.0 Å². The molecule has 1 rings (SSSR count). The van der Waals surface area contributed by atoms with Crippen molar-refractivity contribution >= 4 is 5.82 Å². The number of rotatable bonds is 1. The highest BCUT2D eigenvalue weighted by Gasteiger charge is 1.93. The van der Waals surface area contributed by atoms with Gasteiger partial charge in [-0.05, 0) is 24.6 Å². The molecule has 0 bridgehead atoms. The monoisotopic (exact) mass is 196 g/mol. The third kappa shape index (κ3) is 6.46. The van der Waals surface area contributed by atoms with Gasteiger partial charge in [0.1, 0.15) is 5.82 Å². The standard InChI is InChI=1S/C8H12N2.2C2H6/c1-7-4-5-9-8(6-7)10(2)3;2*1-2/h4-6H,1-3H3;2*1-2H3. The first kappa shape index (κ1) is 15.4. The summed E-state index contributed by atoms with van der Waals surface area (Å²) in [5, 5.41) is 0. The molecule has 14 heavy (non-hydrogen) atoms. The van der Waals surface area contributed by atoms with E-state index in [2.05, 4.69) is 18.0 Å². The van der Waals surface area contributed by atoms with E-state index in [1.165, 1.54) is 5.56 Å². The molecule has 0 aliphatic rings. The number of hydrogen-bond acceptors (Lipinski definition) is 2. The third-order valence-electron chi connectivity index (χ3n) is 1.36. The quantitative estimate of drug-likeness (QED) is 0.683. The fourth-order valence-corrected chi connectivity index (χ4v) is 0.765. The zero-order valence-corrected chi connectivity index (χ0v) is 10.6. The maximum atomic E-state index is 4.16. The van der Waals surface area contributed by atoms with E-state index in [0.29, 0.717) is 0 Å². The molecular weight excluding hydrogens is 172 g/mol. The van der Waals surface area contributed by atoms with Crippen molar-refractivity contribution in [3.63, 3.8) is 0 Å². The molecule has 1 heterocycles. The Bertz CT molecular complexity index is 219. The van der Waals surface area contributed by atoms with E-state index in [9.17, 15) is 0 Å². The summed E-state index contributed by atoms with van der Waals surface area (Å²) < 4.78 is 0. The molecule has 1 aromatic rings. The van der Waals surface area contributed by atoms with Crippen molar-refractivity contribution < 1.29 is 0 Å². The number of aromatic nitrogens is 1. The van der Waals surface area contributed by atoms with Crippen LogP contribution in [0.4, 0.5) is 5.82 Å². The first-order valence-electron chi connectivity index (χ1n) is 5.30. The minimum atomic E-state index is 1.01. The third-order valence-corrected chi connectivity index (χ3v) is 1.36. The average molecular weight is 196 g/mol. The first-order valence-corrected chi connectivity index (χ1v) is 5.30. The molecule has 0 spiro atoms. The molecular formula is C12H24N2. The summed E-state index contributed by atoms with van der Waals surface area (Å²) in [5.41, 5.74) is 1.25. The molecule has 0 saturated carbocycles. The van der Waals surface area contributed by atoms with Gasteiger partial charge in [0.2, 0.25) is 0 Å². The summed E-state index contributed by atoms with van der Waals surface area (Å²) >= 11 is 0. The van der Waals surface area contributed by atoms with Crippen LogP contribution in [0.5, 0.6) is 0 Å². The topological polar surface area (TPSA) is 16.1 Å². The van der Waals surface area contributed by atoms with Gasteiger partial charge in [-0.2, -0.15) is 0 Å². The minimum absolute atomic E-state index is 1.01. The van der Waals surface area contributed by atoms with Crippen LogP contribution < -0.4 is 4.90 Å². The highest BCUT2D eigenvalue weighted by atomic mass is 15.1. The van der Waals surface area contributed by atoms with Gasteiger partial charge in [0.05, 0.1) is 0 Å². The van der Waals surface area contributed by atoms with Gasteiger partial charge < -0.3 is 4.90 Å². The van der Waals surface area contributed by atoms with E-state index in [4.69, 9.17) is 0 Å². The Kier molecular flexibility index (Phi) is 11.1. The summed E-state index contributed by atoms with van der Waals surface area (Å²) in [7, 11) is 3.98. The van der Waals surface area contributed by atoms with Crippen molar-refractivity contribution in [1.29, 1.82) is 0 Å². The number of pyridine rings is 1. The number of hydrogen-bond donors (Lipinski definition) is 0. The molecule has 82 valence electrons. The largest absolute Gasteiger partial charge is 0.363 e. The number of nitrogens with zero attached hydrogens (tertiary/aromatic N) is 2. The lowest BCUT2D eigenvalue weighted by Gasteiger charge is -2.10. The molecule has 0 unspecified atom stereocenters. The van der Waals surface area contributed by atoms with Crippen molar-refractivity contribution in [2.45, 2.75) is 34.6 Å². The molecule has 0 amide bonds. The van der Waals surface area contributed by atoms with Crippen LogP contribution in [-0.2, 0) is 0 Å². The van der Waals surface area contributed by atoms with Crippen molar-refractivity contribution in [3.8, 4) is 0 Å². The van der Waals surface area contributed by atoms with Crippen LogP contribution in [0.1, 0.15) is 33.3 Å². The average Bonchev–Trinajstić information content (AvgIpc) is 2.24. The highest BCUT2D eigenvalue weighted by Crippen LogP contribution is 2.07. The van der Waals surface area contributed by atoms with Gasteiger partial charge in [-0.3, -0.25) is 0 Å². The molecule has 0 aromatic carbocycles. The van der Waals surface area contributed by atoms with Gasteiger partial charge in [-0.25, -0.2) is 4.98 Å². The SMILES string of the molecule is CC.CC.Cc1ccnc(N(C)C)c1. The first-order chi connectivity index (χ1) is 6.70. The van der Waals surface area contributed by atoms with Crippen LogP contribution in [0.2, 0.25) is 0 Å². The Morgan fingerprint density at radius 2 is 1.57 bits per heavy atom. The van der Waals surface area contributed by atoms with Crippen LogP contribution in [-0.4, -0.2) is 19.1 Å². The van der Waals surface area contributed by atoms with Crippen molar-refractivity contribution in [1.82, 2.24) is 4.98 Å². The summed E-state index contributed by atoms with van der Waals surface area (Å²) in [6, 6.07) is 4.05. The van der Waals surface area contributed by atoms with E-state index in [1.54, 1.807) is 0 Å². The molecule has 1 aromatic heterocycles. The Hall–Kier alpha value is -1.05. The second-order valence-corrected chi connectivity index (χ2v) is 2.59. The van der Waals surface area contributed by atoms with Crippen LogP contribution >= 0.6 is 0 Å². The Morgan fingerprint density at radius 3 is 1.86 bits per heavy atom. The molecule has 2 nitrogen and oxygen atoms in total. The van der Waals surface area contributed by atoms with Crippen LogP contribution in [0.15, 0.2) is 18.3 Å². The molecule has 0 aliphatic carbocycles. The predicted octanol–water partition coefficient (Wildman–Crippen LogP) is 3.51. The van der Waals surface area contributed by atoms with Crippen LogP contribution in [0.3, 0.4) is 0 Å². The zero-order valence-electron chi connectivity index (χ0n) is 10.6. The smallest absolute Gasteiger partial charge is 0.128 e. The lowest BCUT2D eigenvalue weighted by Crippen LogP contribution is -2.10. The highest BCUT2D eigenvalue weighted by molar-refractivity contribution is 5.38. The lowest BCUT2D eigenvalue weighted by atomic mass is 10.3. The fraction of sp³-hybridized carbons (Fsp3) is 0.583. The zero-order chi connectivity index (χ0) is 11.6. The second kappa shape index (κ2) is 10.0. The molecule has 0 N–H and O–H groups in total. The van der Waals surface area contributed by atoms with Crippen molar-refractivity contribution in [2.75, 3.05) is 19.0 Å². The summed E-state index contributed by atoms with van der Waals surface area (Å²) in [6.45, 7) is 10.1. The predicted molar refractivity (Wildman–Crippen MR) is 66.0 cm³/mol. The number of aryl methyl sites for hydroxylation is 1. The van der Waals surface area contributed by atoms with Gasteiger partial charge in [0, 0.05) is 20.3 Å². The molecule has 0 aliphatic heterocycles.